The lowest BCUT2D eigenvalue weighted by atomic mass is 10.2. The zero-order chi connectivity index (χ0) is 21.2. The lowest BCUT2D eigenvalue weighted by Crippen LogP contribution is -2.17. The fraction of sp³-hybridized carbons (Fsp3) is 0.0833. The van der Waals surface area contributed by atoms with E-state index in [0.717, 1.165) is 21.3 Å². The van der Waals surface area contributed by atoms with Crippen LogP contribution in [-0.2, 0) is 13.1 Å². The Hall–Kier alpha value is -3.71. The van der Waals surface area contributed by atoms with Gasteiger partial charge in [0.1, 0.15) is 11.5 Å². The standard InChI is InChI=1S/C24H19FN4OS/c25-19-8-4-7-18(11-19)15-29-21-9-10-31-23(21)12-22(29)24(30)27-20-13-26-28(16-20)14-17-5-2-1-3-6-17/h1-13,16H,14-15H2,(H,27,30). The zero-order valence-corrected chi connectivity index (χ0v) is 17.3. The van der Waals surface area contributed by atoms with Gasteiger partial charge in [-0.15, -0.1) is 11.3 Å². The van der Waals surface area contributed by atoms with Gasteiger partial charge >= 0.3 is 0 Å². The van der Waals surface area contributed by atoms with Crippen LogP contribution in [0.2, 0.25) is 0 Å². The summed E-state index contributed by atoms with van der Waals surface area (Å²) in [6, 6.07) is 20.3. The van der Waals surface area contributed by atoms with Crippen molar-refractivity contribution in [3.05, 3.63) is 107 Å². The number of nitrogens with zero attached hydrogens (tertiary/aromatic N) is 3. The van der Waals surface area contributed by atoms with Crippen molar-refractivity contribution in [3.8, 4) is 0 Å². The molecule has 2 aromatic carbocycles. The van der Waals surface area contributed by atoms with Crippen LogP contribution in [0.3, 0.4) is 0 Å². The summed E-state index contributed by atoms with van der Waals surface area (Å²) >= 11 is 1.57. The molecular weight excluding hydrogens is 411 g/mol. The minimum absolute atomic E-state index is 0.223. The van der Waals surface area contributed by atoms with E-state index in [9.17, 15) is 9.18 Å². The van der Waals surface area contributed by atoms with Crippen molar-refractivity contribution in [3.63, 3.8) is 0 Å². The highest BCUT2D eigenvalue weighted by Gasteiger charge is 2.18. The van der Waals surface area contributed by atoms with E-state index >= 15 is 0 Å². The summed E-state index contributed by atoms with van der Waals surface area (Å²) in [4.78, 5) is 13.1. The van der Waals surface area contributed by atoms with Gasteiger partial charge in [0.05, 0.1) is 28.6 Å². The first-order valence-corrected chi connectivity index (χ1v) is 10.7. The number of benzene rings is 2. The molecule has 5 rings (SSSR count). The van der Waals surface area contributed by atoms with Gasteiger partial charge in [0.25, 0.3) is 5.91 Å². The maximum Gasteiger partial charge on any atom is 0.272 e. The quantitative estimate of drug-likeness (QED) is 0.393. The van der Waals surface area contributed by atoms with Crippen molar-refractivity contribution in [1.82, 2.24) is 14.3 Å². The summed E-state index contributed by atoms with van der Waals surface area (Å²) in [5.74, 6) is -0.512. The van der Waals surface area contributed by atoms with Gasteiger partial charge in [0.15, 0.2) is 0 Å². The Bertz CT molecular complexity index is 1350. The van der Waals surface area contributed by atoms with E-state index < -0.39 is 0 Å². The molecule has 0 saturated heterocycles. The van der Waals surface area contributed by atoms with Gasteiger partial charge in [-0.2, -0.15) is 5.10 Å². The number of fused-ring (bicyclic) bond motifs is 1. The summed E-state index contributed by atoms with van der Waals surface area (Å²) in [6.07, 6.45) is 3.45. The normalized spacial score (nSPS) is 11.1. The summed E-state index contributed by atoms with van der Waals surface area (Å²) < 4.78 is 18.4. The third-order valence-electron chi connectivity index (χ3n) is 5.06. The van der Waals surface area contributed by atoms with Gasteiger partial charge in [-0.25, -0.2) is 4.39 Å². The molecule has 5 aromatic rings. The van der Waals surface area contributed by atoms with Gasteiger partial charge in [0.2, 0.25) is 0 Å². The molecule has 0 aliphatic heterocycles. The number of carbonyl (C=O) groups excluding carboxylic acids is 1. The summed E-state index contributed by atoms with van der Waals surface area (Å²) in [5.41, 5.74) is 4.05. The number of amides is 1. The maximum atomic E-state index is 13.7. The molecule has 0 unspecified atom stereocenters. The van der Waals surface area contributed by atoms with Crippen LogP contribution in [0.5, 0.6) is 0 Å². The average Bonchev–Trinajstić information content (AvgIpc) is 3.47. The molecule has 5 nitrogen and oxygen atoms in total. The first kappa shape index (κ1) is 19.3. The van der Waals surface area contributed by atoms with Crippen LogP contribution in [0.15, 0.2) is 84.5 Å². The first-order valence-electron chi connectivity index (χ1n) is 9.84. The molecule has 0 fully saturated rings. The van der Waals surface area contributed by atoms with Crippen LogP contribution < -0.4 is 5.32 Å². The number of carbonyl (C=O) groups is 1. The van der Waals surface area contributed by atoms with Crippen molar-refractivity contribution in [2.24, 2.45) is 0 Å². The lowest BCUT2D eigenvalue weighted by molar-refractivity contribution is 0.101. The van der Waals surface area contributed by atoms with Crippen molar-refractivity contribution < 1.29 is 9.18 Å². The van der Waals surface area contributed by atoms with E-state index in [2.05, 4.69) is 10.4 Å². The molecule has 0 radical (unpaired) electrons. The molecule has 1 amide bonds. The Morgan fingerprint density at radius 1 is 1.00 bits per heavy atom. The fourth-order valence-corrected chi connectivity index (χ4v) is 4.46. The Balaban J connectivity index is 1.38. The van der Waals surface area contributed by atoms with Gasteiger partial charge in [-0.1, -0.05) is 42.5 Å². The number of thiophene rings is 1. The number of hydrogen-bond acceptors (Lipinski definition) is 3. The number of halogens is 1. The van der Waals surface area contributed by atoms with Gasteiger partial charge in [-0.3, -0.25) is 9.48 Å². The molecule has 0 atom stereocenters. The lowest BCUT2D eigenvalue weighted by Gasteiger charge is -2.10. The average molecular weight is 431 g/mol. The molecule has 31 heavy (non-hydrogen) atoms. The van der Waals surface area contributed by atoms with Crippen molar-refractivity contribution in [1.29, 1.82) is 0 Å². The van der Waals surface area contributed by atoms with Crippen molar-refractivity contribution in [2.45, 2.75) is 13.1 Å². The zero-order valence-electron chi connectivity index (χ0n) is 16.5. The SMILES string of the molecule is O=C(Nc1cnn(Cc2ccccc2)c1)c1cc2sccc2n1Cc1cccc(F)c1. The third-order valence-corrected chi connectivity index (χ3v) is 5.92. The summed E-state index contributed by atoms with van der Waals surface area (Å²) in [5, 5.41) is 9.27. The minimum atomic E-state index is -0.289. The molecule has 154 valence electrons. The fourth-order valence-electron chi connectivity index (χ4n) is 3.63. The largest absolute Gasteiger partial charge is 0.331 e. The number of rotatable bonds is 6. The summed E-state index contributed by atoms with van der Waals surface area (Å²) in [7, 11) is 0. The molecule has 7 heteroatoms. The first-order chi connectivity index (χ1) is 15.2. The Morgan fingerprint density at radius 2 is 1.84 bits per heavy atom. The van der Waals surface area contributed by atoms with E-state index in [0.29, 0.717) is 24.5 Å². The van der Waals surface area contributed by atoms with Gasteiger partial charge in [0, 0.05) is 12.7 Å². The Labute approximate surface area is 182 Å². The predicted octanol–water partition coefficient (Wildman–Crippen LogP) is 5.39. The Morgan fingerprint density at radius 3 is 2.68 bits per heavy atom. The number of aromatic nitrogens is 3. The highest BCUT2D eigenvalue weighted by molar-refractivity contribution is 7.17. The monoisotopic (exact) mass is 430 g/mol. The topological polar surface area (TPSA) is 51.9 Å². The van der Waals surface area contributed by atoms with Gasteiger partial charge in [-0.05, 0) is 40.8 Å². The second-order valence-electron chi connectivity index (χ2n) is 7.28. The molecule has 0 bridgehead atoms. The number of nitrogens with one attached hydrogen (secondary N) is 1. The van der Waals surface area contributed by atoms with Gasteiger partial charge < -0.3 is 9.88 Å². The van der Waals surface area contributed by atoms with E-state index in [1.165, 1.54) is 12.1 Å². The van der Waals surface area contributed by atoms with E-state index in [1.807, 2.05) is 64.7 Å². The van der Waals surface area contributed by atoms with Crippen molar-refractivity contribution >= 4 is 33.1 Å². The summed E-state index contributed by atoms with van der Waals surface area (Å²) in [6.45, 7) is 1.04. The molecule has 0 aliphatic carbocycles. The highest BCUT2D eigenvalue weighted by Crippen LogP contribution is 2.27. The van der Waals surface area contributed by atoms with Crippen LogP contribution in [-0.4, -0.2) is 20.3 Å². The Kier molecular flexibility index (Phi) is 5.09. The van der Waals surface area contributed by atoms with Crippen LogP contribution in [0, 0.1) is 5.82 Å². The van der Waals surface area contributed by atoms with Crippen LogP contribution >= 0.6 is 11.3 Å². The smallest absolute Gasteiger partial charge is 0.272 e. The number of hydrogen-bond donors (Lipinski definition) is 1. The predicted molar refractivity (Wildman–Crippen MR) is 121 cm³/mol. The molecule has 3 aromatic heterocycles. The molecular formula is C24H19FN4OS. The minimum Gasteiger partial charge on any atom is -0.331 e. The highest BCUT2D eigenvalue weighted by atomic mass is 32.1. The molecule has 3 heterocycles. The maximum absolute atomic E-state index is 13.7. The van der Waals surface area contributed by atoms with E-state index in [1.54, 1.807) is 28.3 Å². The number of anilines is 1. The second-order valence-corrected chi connectivity index (χ2v) is 8.23. The van der Waals surface area contributed by atoms with Crippen molar-refractivity contribution in [2.75, 3.05) is 5.32 Å². The molecule has 0 spiro atoms. The third kappa shape index (κ3) is 4.13. The van der Waals surface area contributed by atoms with Crippen LogP contribution in [0.4, 0.5) is 10.1 Å². The second kappa shape index (κ2) is 8.20. The molecule has 0 saturated carbocycles. The molecule has 1 N–H and O–H groups in total. The van der Waals surface area contributed by atoms with Crippen LogP contribution in [0.1, 0.15) is 21.6 Å². The van der Waals surface area contributed by atoms with E-state index in [-0.39, 0.29) is 11.7 Å². The molecule has 0 aliphatic rings. The van der Waals surface area contributed by atoms with E-state index in [4.69, 9.17) is 0 Å². The van der Waals surface area contributed by atoms with Crippen LogP contribution in [0.25, 0.3) is 10.2 Å².